The summed E-state index contributed by atoms with van der Waals surface area (Å²) in [6.45, 7) is -3.75. The zero-order valence-electron chi connectivity index (χ0n) is 10.6. The Kier molecular flexibility index (Phi) is 5.51. The van der Waals surface area contributed by atoms with Crippen molar-refractivity contribution in [1.82, 2.24) is 4.90 Å². The van der Waals surface area contributed by atoms with Crippen molar-refractivity contribution in [2.45, 2.75) is 6.18 Å². The number of hydrogen-bond acceptors (Lipinski definition) is 3. The second-order valence-corrected chi connectivity index (χ2v) is 3.98. The normalized spacial score (nSPS) is 11.0. The molecule has 21 heavy (non-hydrogen) atoms. The van der Waals surface area contributed by atoms with Crippen LogP contribution in [0.4, 0.5) is 17.6 Å². The van der Waals surface area contributed by atoms with Crippen molar-refractivity contribution >= 4 is 11.9 Å². The molecule has 1 N–H and O–H groups in total. The summed E-state index contributed by atoms with van der Waals surface area (Å²) in [4.78, 5) is 22.1. The fourth-order valence-corrected chi connectivity index (χ4v) is 1.40. The van der Waals surface area contributed by atoms with E-state index in [1.54, 1.807) is 0 Å². The van der Waals surface area contributed by atoms with E-state index in [0.717, 1.165) is 6.07 Å². The van der Waals surface area contributed by atoms with E-state index >= 15 is 0 Å². The number of ether oxygens (including phenoxy) is 1. The van der Waals surface area contributed by atoms with Gasteiger partial charge in [-0.05, 0) is 12.1 Å². The number of aliphatic carboxylic acids is 1. The Bertz CT molecular complexity index is 518. The number of carboxylic acids is 1. The van der Waals surface area contributed by atoms with Crippen molar-refractivity contribution in [1.29, 1.82) is 0 Å². The van der Waals surface area contributed by atoms with E-state index in [2.05, 4.69) is 0 Å². The summed E-state index contributed by atoms with van der Waals surface area (Å²) in [7, 11) is 0. The minimum Gasteiger partial charge on any atom is -0.481 e. The molecule has 0 radical (unpaired) electrons. The number of halogens is 4. The molecule has 0 bridgehead atoms. The quantitative estimate of drug-likeness (QED) is 0.812. The number of hydrogen-bond donors (Lipinski definition) is 1. The molecule has 0 aromatic heterocycles. The van der Waals surface area contributed by atoms with Crippen LogP contribution in [0.1, 0.15) is 0 Å². The third-order valence-electron chi connectivity index (χ3n) is 2.24. The smallest absolute Gasteiger partial charge is 0.406 e. The third-order valence-corrected chi connectivity index (χ3v) is 2.24. The Labute approximate surface area is 116 Å². The highest BCUT2D eigenvalue weighted by atomic mass is 19.4. The lowest BCUT2D eigenvalue weighted by Gasteiger charge is -2.22. The minimum absolute atomic E-state index is 0.0726. The van der Waals surface area contributed by atoms with Crippen molar-refractivity contribution in [2.75, 3.05) is 19.7 Å². The van der Waals surface area contributed by atoms with Crippen molar-refractivity contribution in [3.8, 4) is 5.75 Å². The van der Waals surface area contributed by atoms with Crippen LogP contribution in [0.2, 0.25) is 0 Å². The van der Waals surface area contributed by atoms with Crippen molar-refractivity contribution in [3.05, 3.63) is 30.1 Å². The van der Waals surface area contributed by atoms with E-state index < -0.39 is 43.6 Å². The van der Waals surface area contributed by atoms with Gasteiger partial charge in [0.2, 0.25) is 0 Å². The first kappa shape index (κ1) is 16.7. The molecule has 0 unspecified atom stereocenters. The fourth-order valence-electron chi connectivity index (χ4n) is 1.40. The van der Waals surface area contributed by atoms with E-state index in [9.17, 15) is 27.2 Å². The summed E-state index contributed by atoms with van der Waals surface area (Å²) in [5.41, 5.74) is 0. The molecule has 0 aliphatic heterocycles. The largest absolute Gasteiger partial charge is 0.481 e. The van der Waals surface area contributed by atoms with E-state index in [4.69, 9.17) is 9.84 Å². The Morgan fingerprint density at radius 3 is 2.38 bits per heavy atom. The summed E-state index contributed by atoms with van der Waals surface area (Å²) < 4.78 is 54.7. The van der Waals surface area contributed by atoms with Crippen LogP contribution in [-0.4, -0.2) is 47.8 Å². The van der Waals surface area contributed by atoms with Crippen molar-refractivity contribution in [3.63, 3.8) is 0 Å². The molecule has 0 spiro atoms. The molecule has 1 aromatic rings. The van der Waals surface area contributed by atoms with Gasteiger partial charge in [0.25, 0.3) is 5.91 Å². The summed E-state index contributed by atoms with van der Waals surface area (Å²) in [6.07, 6.45) is -4.75. The SMILES string of the molecule is O=C(O)CN(CC(F)(F)F)C(=O)COc1ccccc1F. The van der Waals surface area contributed by atoms with Gasteiger partial charge in [0.15, 0.2) is 18.2 Å². The van der Waals surface area contributed by atoms with E-state index in [1.807, 2.05) is 0 Å². The monoisotopic (exact) mass is 309 g/mol. The van der Waals surface area contributed by atoms with Gasteiger partial charge in [-0.15, -0.1) is 0 Å². The average Bonchev–Trinajstić information content (AvgIpc) is 2.34. The fraction of sp³-hybridized carbons (Fsp3) is 0.333. The lowest BCUT2D eigenvalue weighted by molar-refractivity contribution is -0.166. The highest BCUT2D eigenvalue weighted by Crippen LogP contribution is 2.18. The molecular weight excluding hydrogens is 298 g/mol. The number of rotatable bonds is 6. The highest BCUT2D eigenvalue weighted by Gasteiger charge is 2.34. The summed E-state index contributed by atoms with van der Waals surface area (Å²) >= 11 is 0. The first-order valence-electron chi connectivity index (χ1n) is 5.62. The molecule has 0 fully saturated rings. The Hall–Kier alpha value is -2.32. The van der Waals surface area contributed by atoms with Crippen LogP contribution >= 0.6 is 0 Å². The Morgan fingerprint density at radius 1 is 1.24 bits per heavy atom. The maximum atomic E-state index is 13.2. The molecule has 1 aromatic carbocycles. The molecule has 0 aliphatic carbocycles. The van der Waals surface area contributed by atoms with Gasteiger partial charge in [-0.1, -0.05) is 12.1 Å². The van der Waals surface area contributed by atoms with Crippen LogP contribution in [-0.2, 0) is 9.59 Å². The molecule has 0 aliphatic rings. The van der Waals surface area contributed by atoms with Crippen LogP contribution in [0.3, 0.4) is 0 Å². The molecule has 0 saturated heterocycles. The predicted octanol–water partition coefficient (Wildman–Crippen LogP) is 1.68. The zero-order valence-corrected chi connectivity index (χ0v) is 10.6. The topological polar surface area (TPSA) is 66.8 Å². The lowest BCUT2D eigenvalue weighted by atomic mass is 10.3. The van der Waals surface area contributed by atoms with Gasteiger partial charge in [-0.3, -0.25) is 9.59 Å². The highest BCUT2D eigenvalue weighted by molar-refractivity contribution is 5.82. The van der Waals surface area contributed by atoms with Gasteiger partial charge in [0, 0.05) is 0 Å². The number of nitrogens with zero attached hydrogens (tertiary/aromatic N) is 1. The molecule has 1 rings (SSSR count). The lowest BCUT2D eigenvalue weighted by Crippen LogP contribution is -2.44. The average molecular weight is 309 g/mol. The standard InChI is InChI=1S/C12H11F4NO4/c13-8-3-1-2-4-9(8)21-6-10(18)17(5-11(19)20)7-12(14,15)16/h1-4H,5-7H2,(H,19,20). The number of para-hydroxylation sites is 1. The van der Waals surface area contributed by atoms with Gasteiger partial charge in [-0.25, -0.2) is 4.39 Å². The van der Waals surface area contributed by atoms with E-state index in [1.165, 1.54) is 18.2 Å². The number of carbonyl (C=O) groups is 2. The molecular formula is C12H11F4NO4. The maximum absolute atomic E-state index is 13.2. The van der Waals surface area contributed by atoms with Gasteiger partial charge in [0.05, 0.1) is 0 Å². The number of amides is 1. The second kappa shape index (κ2) is 6.91. The summed E-state index contributed by atoms with van der Waals surface area (Å²) in [5, 5.41) is 8.50. The summed E-state index contributed by atoms with van der Waals surface area (Å²) in [6, 6.07) is 5.01. The number of carbonyl (C=O) groups excluding carboxylic acids is 1. The molecule has 0 saturated carbocycles. The van der Waals surface area contributed by atoms with E-state index in [-0.39, 0.29) is 10.6 Å². The molecule has 0 atom stereocenters. The van der Waals surface area contributed by atoms with Gasteiger partial charge >= 0.3 is 12.1 Å². The Morgan fingerprint density at radius 2 is 1.86 bits per heavy atom. The van der Waals surface area contributed by atoms with Gasteiger partial charge in [0.1, 0.15) is 13.1 Å². The summed E-state index contributed by atoms with van der Waals surface area (Å²) in [5.74, 6) is -3.91. The van der Waals surface area contributed by atoms with Crippen LogP contribution in [0.5, 0.6) is 5.75 Å². The van der Waals surface area contributed by atoms with Crippen molar-refractivity contribution < 1.29 is 37.0 Å². The zero-order chi connectivity index (χ0) is 16.0. The first-order valence-corrected chi connectivity index (χ1v) is 5.62. The number of carboxylic acid groups (broad SMARTS) is 1. The first-order chi connectivity index (χ1) is 9.69. The van der Waals surface area contributed by atoms with Crippen LogP contribution in [0, 0.1) is 5.82 Å². The van der Waals surface area contributed by atoms with Crippen LogP contribution in [0.25, 0.3) is 0 Å². The third kappa shape index (κ3) is 6.11. The molecule has 5 nitrogen and oxygen atoms in total. The minimum atomic E-state index is -4.75. The number of alkyl halides is 3. The van der Waals surface area contributed by atoms with Gasteiger partial charge in [-0.2, -0.15) is 13.2 Å². The van der Waals surface area contributed by atoms with Crippen molar-refractivity contribution in [2.24, 2.45) is 0 Å². The van der Waals surface area contributed by atoms with Gasteiger partial charge < -0.3 is 14.7 Å². The van der Waals surface area contributed by atoms with Crippen LogP contribution < -0.4 is 4.74 Å². The van der Waals surface area contributed by atoms with E-state index in [0.29, 0.717) is 0 Å². The van der Waals surface area contributed by atoms with Crippen LogP contribution in [0.15, 0.2) is 24.3 Å². The molecule has 0 heterocycles. The maximum Gasteiger partial charge on any atom is 0.406 e. The molecule has 9 heteroatoms. The second-order valence-electron chi connectivity index (χ2n) is 3.98. The Balaban J connectivity index is 2.68. The number of benzene rings is 1. The molecule has 1 amide bonds. The predicted molar refractivity (Wildman–Crippen MR) is 62.2 cm³/mol. The molecule has 116 valence electrons.